The van der Waals surface area contributed by atoms with Crippen LogP contribution in [-0.2, 0) is 0 Å². The summed E-state index contributed by atoms with van der Waals surface area (Å²) in [6.07, 6.45) is 6.93. The largest absolute Gasteiger partial charge is 0.490 e. The van der Waals surface area contributed by atoms with Crippen LogP contribution >= 0.6 is 11.8 Å². The molecule has 16 heavy (non-hydrogen) atoms. The number of hydrogen-bond acceptors (Lipinski definition) is 2. The monoisotopic (exact) mass is 234 g/mol. The van der Waals surface area contributed by atoms with Crippen LogP contribution in [0.4, 0.5) is 0 Å². The number of rotatable bonds is 3. The fraction of sp³-hybridized carbons (Fsp3) is 0.429. The Bertz CT molecular complexity index is 363. The summed E-state index contributed by atoms with van der Waals surface area (Å²) in [7, 11) is 0. The smallest absolute Gasteiger partial charge is 0.120 e. The first kappa shape index (κ1) is 11.6. The van der Waals surface area contributed by atoms with Crippen LogP contribution in [0.3, 0.4) is 0 Å². The lowest BCUT2D eigenvalue weighted by Crippen LogP contribution is -2.20. The normalized spacial score (nSPS) is 17.4. The highest BCUT2D eigenvalue weighted by Gasteiger charge is 2.16. The number of hydrogen-bond donors (Lipinski definition) is 0. The van der Waals surface area contributed by atoms with E-state index in [1.807, 2.05) is 6.07 Å². The lowest BCUT2D eigenvalue weighted by atomic mass is 9.94. The molecule has 1 aliphatic rings. The summed E-state index contributed by atoms with van der Waals surface area (Å²) in [4.78, 5) is 1.26. The Kier molecular flexibility index (Phi) is 3.94. The van der Waals surface area contributed by atoms with Crippen LogP contribution in [0.2, 0.25) is 0 Å². The predicted molar refractivity (Wildman–Crippen MR) is 70.2 cm³/mol. The third-order valence-corrected chi connectivity index (χ3v) is 3.71. The van der Waals surface area contributed by atoms with Gasteiger partial charge < -0.3 is 4.74 Å². The van der Waals surface area contributed by atoms with E-state index < -0.39 is 0 Å². The molecule has 0 saturated heterocycles. The van der Waals surface area contributed by atoms with Gasteiger partial charge in [-0.2, -0.15) is 0 Å². The molecule has 1 nitrogen and oxygen atoms in total. The minimum Gasteiger partial charge on any atom is -0.490 e. The van der Waals surface area contributed by atoms with Gasteiger partial charge in [0.1, 0.15) is 5.75 Å². The Hall–Kier alpha value is -0.890. The summed E-state index contributed by atoms with van der Waals surface area (Å²) in [5, 5.41) is 0. The fourth-order valence-electron chi connectivity index (χ4n) is 1.98. The molecule has 0 heterocycles. The summed E-state index contributed by atoms with van der Waals surface area (Å²) in [6.45, 7) is 4.02. The van der Waals surface area contributed by atoms with Crippen LogP contribution in [0.15, 0.2) is 41.3 Å². The lowest BCUT2D eigenvalue weighted by molar-refractivity contribution is 0.169. The molecule has 0 aromatic heterocycles. The SMILES string of the molecule is C=C1CCC(Oc2cccc(SC)c2)CC1. The molecule has 0 bridgehead atoms. The zero-order chi connectivity index (χ0) is 11.4. The van der Waals surface area contributed by atoms with Gasteiger partial charge in [0.2, 0.25) is 0 Å². The van der Waals surface area contributed by atoms with E-state index in [2.05, 4.69) is 31.0 Å². The van der Waals surface area contributed by atoms with Gasteiger partial charge in [-0.25, -0.2) is 0 Å². The maximum atomic E-state index is 5.99. The molecule has 86 valence electrons. The van der Waals surface area contributed by atoms with Crippen LogP contribution in [0.5, 0.6) is 5.75 Å². The Morgan fingerprint density at radius 1 is 1.31 bits per heavy atom. The van der Waals surface area contributed by atoms with Crippen LogP contribution in [0, 0.1) is 0 Å². The summed E-state index contributed by atoms with van der Waals surface area (Å²) in [5.41, 5.74) is 1.37. The van der Waals surface area contributed by atoms with Gasteiger partial charge in [-0.3, -0.25) is 0 Å². The molecule has 0 aliphatic heterocycles. The van der Waals surface area contributed by atoms with Gasteiger partial charge in [0.25, 0.3) is 0 Å². The number of ether oxygens (including phenoxy) is 1. The van der Waals surface area contributed by atoms with Crippen molar-refractivity contribution in [2.75, 3.05) is 6.26 Å². The topological polar surface area (TPSA) is 9.23 Å². The molecule has 1 saturated carbocycles. The van der Waals surface area contributed by atoms with Gasteiger partial charge in [0, 0.05) is 4.90 Å². The Morgan fingerprint density at radius 3 is 2.75 bits per heavy atom. The second kappa shape index (κ2) is 5.44. The number of allylic oxidation sites excluding steroid dienone is 1. The van der Waals surface area contributed by atoms with Gasteiger partial charge in [-0.15, -0.1) is 11.8 Å². The van der Waals surface area contributed by atoms with Gasteiger partial charge in [-0.1, -0.05) is 18.2 Å². The minimum absolute atomic E-state index is 0.377. The predicted octanol–water partition coefficient (Wildman–Crippen LogP) is 4.29. The van der Waals surface area contributed by atoms with E-state index in [-0.39, 0.29) is 0 Å². The van der Waals surface area contributed by atoms with E-state index in [1.165, 1.54) is 10.5 Å². The van der Waals surface area contributed by atoms with E-state index in [0.29, 0.717) is 6.10 Å². The molecule has 2 heteroatoms. The molecule has 2 rings (SSSR count). The second-order valence-corrected chi connectivity index (χ2v) is 5.13. The van der Waals surface area contributed by atoms with Crippen molar-refractivity contribution in [2.24, 2.45) is 0 Å². The van der Waals surface area contributed by atoms with Crippen LogP contribution in [0.25, 0.3) is 0 Å². The van der Waals surface area contributed by atoms with Crippen molar-refractivity contribution in [3.8, 4) is 5.75 Å². The van der Waals surface area contributed by atoms with Gasteiger partial charge in [0.05, 0.1) is 6.10 Å². The fourth-order valence-corrected chi connectivity index (χ4v) is 2.43. The van der Waals surface area contributed by atoms with E-state index >= 15 is 0 Å². The maximum Gasteiger partial charge on any atom is 0.120 e. The first-order chi connectivity index (χ1) is 7.78. The molecule has 0 N–H and O–H groups in total. The minimum atomic E-state index is 0.377. The third-order valence-electron chi connectivity index (χ3n) is 2.98. The first-order valence-corrected chi connectivity index (χ1v) is 6.98. The highest BCUT2D eigenvalue weighted by molar-refractivity contribution is 7.98. The Morgan fingerprint density at radius 2 is 2.06 bits per heavy atom. The van der Waals surface area contributed by atoms with Crippen molar-refractivity contribution in [1.29, 1.82) is 0 Å². The van der Waals surface area contributed by atoms with Crippen LogP contribution in [0.1, 0.15) is 25.7 Å². The summed E-state index contributed by atoms with van der Waals surface area (Å²) in [6, 6.07) is 8.33. The lowest BCUT2D eigenvalue weighted by Gasteiger charge is -2.24. The average Bonchev–Trinajstić information content (AvgIpc) is 2.32. The van der Waals surface area contributed by atoms with E-state index in [1.54, 1.807) is 11.8 Å². The third kappa shape index (κ3) is 3.05. The van der Waals surface area contributed by atoms with Crippen molar-refractivity contribution in [2.45, 2.75) is 36.7 Å². The molecule has 1 aromatic carbocycles. The zero-order valence-electron chi connectivity index (χ0n) is 9.74. The zero-order valence-corrected chi connectivity index (χ0v) is 10.6. The highest BCUT2D eigenvalue weighted by atomic mass is 32.2. The van der Waals surface area contributed by atoms with Crippen molar-refractivity contribution in [3.05, 3.63) is 36.4 Å². The molecule has 0 amide bonds. The van der Waals surface area contributed by atoms with Crippen molar-refractivity contribution in [3.63, 3.8) is 0 Å². The molecule has 1 aliphatic carbocycles. The van der Waals surface area contributed by atoms with E-state index in [0.717, 1.165) is 31.4 Å². The molecular weight excluding hydrogens is 216 g/mol. The van der Waals surface area contributed by atoms with E-state index in [4.69, 9.17) is 4.74 Å². The van der Waals surface area contributed by atoms with Gasteiger partial charge in [-0.05, 0) is 50.1 Å². The van der Waals surface area contributed by atoms with Gasteiger partial charge >= 0.3 is 0 Å². The molecule has 0 atom stereocenters. The first-order valence-electron chi connectivity index (χ1n) is 5.75. The highest BCUT2D eigenvalue weighted by Crippen LogP contribution is 2.27. The van der Waals surface area contributed by atoms with Crippen molar-refractivity contribution in [1.82, 2.24) is 0 Å². The summed E-state index contributed by atoms with van der Waals surface area (Å²) >= 11 is 1.75. The Labute approximate surface area is 102 Å². The average molecular weight is 234 g/mol. The molecular formula is C14H18OS. The van der Waals surface area contributed by atoms with Gasteiger partial charge in [0.15, 0.2) is 0 Å². The van der Waals surface area contributed by atoms with Crippen molar-refractivity contribution < 1.29 is 4.74 Å². The summed E-state index contributed by atoms with van der Waals surface area (Å²) < 4.78 is 5.99. The second-order valence-electron chi connectivity index (χ2n) is 4.25. The molecule has 0 spiro atoms. The molecule has 0 radical (unpaired) electrons. The maximum absolute atomic E-state index is 5.99. The van der Waals surface area contributed by atoms with Crippen molar-refractivity contribution >= 4 is 11.8 Å². The van der Waals surface area contributed by atoms with Crippen LogP contribution in [-0.4, -0.2) is 12.4 Å². The Balaban J connectivity index is 1.95. The molecule has 0 unspecified atom stereocenters. The quantitative estimate of drug-likeness (QED) is 0.570. The molecule has 1 fully saturated rings. The number of benzene rings is 1. The van der Waals surface area contributed by atoms with E-state index in [9.17, 15) is 0 Å². The number of thioether (sulfide) groups is 1. The standard InChI is InChI=1S/C14H18OS/c1-11-6-8-12(9-7-11)15-13-4-3-5-14(10-13)16-2/h3-5,10,12H,1,6-9H2,2H3. The summed E-state index contributed by atoms with van der Waals surface area (Å²) in [5.74, 6) is 1.00. The molecule has 1 aromatic rings. The van der Waals surface area contributed by atoms with Crippen LogP contribution < -0.4 is 4.74 Å².